The zero-order valence-electron chi connectivity index (χ0n) is 18.0. The molecular weight excluding hydrogens is 489 g/mol. The molecule has 0 amide bonds. The molecule has 0 saturated heterocycles. The Bertz CT molecular complexity index is 969. The van der Waals surface area contributed by atoms with E-state index in [2.05, 4.69) is 35.6 Å². The molecule has 0 radical (unpaired) electrons. The van der Waals surface area contributed by atoms with E-state index in [1.54, 1.807) is 0 Å². The summed E-state index contributed by atoms with van der Waals surface area (Å²) in [7, 11) is 1.97. The Morgan fingerprint density at radius 2 is 1.77 bits per heavy atom. The van der Waals surface area contributed by atoms with E-state index in [1.165, 1.54) is 5.56 Å². The van der Waals surface area contributed by atoms with Crippen molar-refractivity contribution in [3.8, 4) is 11.5 Å². The Morgan fingerprint density at radius 3 is 2.43 bits per heavy atom. The molecule has 0 fully saturated rings. The van der Waals surface area contributed by atoms with E-state index in [0.29, 0.717) is 13.1 Å². The number of benzene rings is 2. The topological polar surface area (TPSA) is 63.5 Å². The molecule has 6 nitrogen and oxygen atoms in total. The van der Waals surface area contributed by atoms with Crippen molar-refractivity contribution in [3.05, 3.63) is 77.1 Å². The molecule has 0 unspecified atom stereocenters. The number of aromatic nitrogens is 2. The summed E-state index contributed by atoms with van der Waals surface area (Å²) in [6.45, 7) is 8.23. The van der Waals surface area contributed by atoms with Crippen LogP contribution < -0.4 is 15.4 Å². The van der Waals surface area contributed by atoms with Crippen molar-refractivity contribution < 1.29 is 4.74 Å². The lowest BCUT2D eigenvalue weighted by Crippen LogP contribution is -2.37. The lowest BCUT2D eigenvalue weighted by Gasteiger charge is -2.12. The van der Waals surface area contributed by atoms with Gasteiger partial charge in [-0.3, -0.25) is 4.68 Å². The SMILES string of the molecule is CCNC(=NCc1cccc(Oc2ccccc2)c1)NCc1c(C)nn(C)c1C.I. The third-order valence-electron chi connectivity index (χ3n) is 4.73. The van der Waals surface area contributed by atoms with Gasteiger partial charge in [-0.2, -0.15) is 5.10 Å². The summed E-state index contributed by atoms with van der Waals surface area (Å²) in [5.74, 6) is 2.42. The smallest absolute Gasteiger partial charge is 0.191 e. The highest BCUT2D eigenvalue weighted by atomic mass is 127. The van der Waals surface area contributed by atoms with Crippen molar-refractivity contribution in [1.29, 1.82) is 0 Å². The second-order valence-electron chi connectivity index (χ2n) is 6.88. The first-order valence-corrected chi connectivity index (χ1v) is 9.90. The first-order valence-electron chi connectivity index (χ1n) is 9.90. The first kappa shape index (κ1) is 23.7. The van der Waals surface area contributed by atoms with E-state index in [4.69, 9.17) is 9.73 Å². The van der Waals surface area contributed by atoms with Gasteiger partial charge in [0, 0.05) is 31.4 Å². The van der Waals surface area contributed by atoms with E-state index in [9.17, 15) is 0 Å². The molecule has 2 N–H and O–H groups in total. The molecule has 0 aliphatic rings. The summed E-state index contributed by atoms with van der Waals surface area (Å²) in [4.78, 5) is 4.72. The minimum Gasteiger partial charge on any atom is -0.457 e. The van der Waals surface area contributed by atoms with Gasteiger partial charge in [0.25, 0.3) is 0 Å². The fraction of sp³-hybridized carbons (Fsp3) is 0.304. The number of para-hydroxylation sites is 1. The van der Waals surface area contributed by atoms with Gasteiger partial charge in [-0.25, -0.2) is 4.99 Å². The van der Waals surface area contributed by atoms with Crippen molar-refractivity contribution in [2.45, 2.75) is 33.9 Å². The summed E-state index contributed by atoms with van der Waals surface area (Å²) >= 11 is 0. The van der Waals surface area contributed by atoms with Crippen LogP contribution in [0.1, 0.15) is 29.4 Å². The van der Waals surface area contributed by atoms with Gasteiger partial charge in [-0.1, -0.05) is 30.3 Å². The van der Waals surface area contributed by atoms with Gasteiger partial charge in [0.1, 0.15) is 11.5 Å². The molecular formula is C23H30IN5O. The molecule has 3 rings (SSSR count). The minimum atomic E-state index is 0. The summed E-state index contributed by atoms with van der Waals surface area (Å²) in [5, 5.41) is 11.2. The number of rotatable bonds is 7. The van der Waals surface area contributed by atoms with Crippen LogP contribution in [0.5, 0.6) is 11.5 Å². The zero-order chi connectivity index (χ0) is 20.6. The van der Waals surface area contributed by atoms with E-state index >= 15 is 0 Å². The molecule has 0 bridgehead atoms. The van der Waals surface area contributed by atoms with Crippen LogP contribution in [-0.4, -0.2) is 22.3 Å². The van der Waals surface area contributed by atoms with Crippen molar-refractivity contribution in [2.24, 2.45) is 12.0 Å². The number of hydrogen-bond acceptors (Lipinski definition) is 3. The highest BCUT2D eigenvalue weighted by molar-refractivity contribution is 14.0. The van der Waals surface area contributed by atoms with Crippen LogP contribution in [0.2, 0.25) is 0 Å². The number of nitrogens with zero attached hydrogens (tertiary/aromatic N) is 3. The normalized spacial score (nSPS) is 11.0. The molecule has 160 valence electrons. The fourth-order valence-electron chi connectivity index (χ4n) is 3.09. The quantitative estimate of drug-likeness (QED) is 0.270. The highest BCUT2D eigenvalue weighted by Gasteiger charge is 2.09. The van der Waals surface area contributed by atoms with Gasteiger partial charge in [0.05, 0.1) is 12.2 Å². The minimum absolute atomic E-state index is 0. The maximum absolute atomic E-state index is 5.92. The van der Waals surface area contributed by atoms with E-state index in [0.717, 1.165) is 41.0 Å². The molecule has 30 heavy (non-hydrogen) atoms. The van der Waals surface area contributed by atoms with Gasteiger partial charge in [0.2, 0.25) is 0 Å². The summed E-state index contributed by atoms with van der Waals surface area (Å²) in [5.41, 5.74) is 4.50. The Balaban J connectivity index is 0.00000320. The highest BCUT2D eigenvalue weighted by Crippen LogP contribution is 2.22. The molecule has 3 aromatic rings. The third-order valence-corrected chi connectivity index (χ3v) is 4.73. The van der Waals surface area contributed by atoms with Crippen LogP contribution in [0.15, 0.2) is 59.6 Å². The van der Waals surface area contributed by atoms with Crippen LogP contribution in [0.3, 0.4) is 0 Å². The lowest BCUT2D eigenvalue weighted by molar-refractivity contribution is 0.482. The van der Waals surface area contributed by atoms with E-state index in [1.807, 2.05) is 67.2 Å². The van der Waals surface area contributed by atoms with Crippen LogP contribution in [0.4, 0.5) is 0 Å². The van der Waals surface area contributed by atoms with Crippen molar-refractivity contribution in [2.75, 3.05) is 6.54 Å². The Kier molecular flexibility index (Phi) is 9.16. The Labute approximate surface area is 195 Å². The molecule has 0 atom stereocenters. The Morgan fingerprint density at radius 1 is 1.03 bits per heavy atom. The average molecular weight is 519 g/mol. The standard InChI is InChI=1S/C23H29N5O.HI/c1-5-24-23(26-16-22-17(2)27-28(4)18(22)3)25-15-19-10-9-13-21(14-19)29-20-11-7-6-8-12-20;/h6-14H,5,15-16H2,1-4H3,(H2,24,25,26);1H. The average Bonchev–Trinajstić information content (AvgIpc) is 2.96. The number of hydrogen-bond donors (Lipinski definition) is 2. The van der Waals surface area contributed by atoms with Crippen molar-refractivity contribution in [1.82, 2.24) is 20.4 Å². The third kappa shape index (κ3) is 6.48. The second-order valence-corrected chi connectivity index (χ2v) is 6.88. The van der Waals surface area contributed by atoms with E-state index < -0.39 is 0 Å². The predicted octanol–water partition coefficient (Wildman–Crippen LogP) is 4.70. The van der Waals surface area contributed by atoms with Gasteiger partial charge < -0.3 is 15.4 Å². The summed E-state index contributed by atoms with van der Waals surface area (Å²) in [6.07, 6.45) is 0. The number of aryl methyl sites for hydroxylation is 2. The maximum Gasteiger partial charge on any atom is 0.191 e. The molecule has 0 aliphatic heterocycles. The molecule has 0 aliphatic carbocycles. The number of aliphatic imine (C=N–C) groups is 1. The van der Waals surface area contributed by atoms with Gasteiger partial charge in [-0.15, -0.1) is 24.0 Å². The monoisotopic (exact) mass is 519 g/mol. The molecule has 2 aromatic carbocycles. The first-order chi connectivity index (χ1) is 14.1. The predicted molar refractivity (Wildman–Crippen MR) is 133 cm³/mol. The number of halogens is 1. The summed E-state index contributed by atoms with van der Waals surface area (Å²) < 4.78 is 7.83. The number of nitrogens with one attached hydrogen (secondary N) is 2. The molecule has 1 aromatic heterocycles. The van der Waals surface area contributed by atoms with Crippen molar-refractivity contribution in [3.63, 3.8) is 0 Å². The van der Waals surface area contributed by atoms with Crippen molar-refractivity contribution >= 4 is 29.9 Å². The largest absolute Gasteiger partial charge is 0.457 e. The van der Waals surface area contributed by atoms with Crippen LogP contribution in [-0.2, 0) is 20.1 Å². The summed E-state index contributed by atoms with van der Waals surface area (Å²) in [6, 6.07) is 17.8. The van der Waals surface area contributed by atoms with Crippen LogP contribution in [0.25, 0.3) is 0 Å². The second kappa shape index (κ2) is 11.6. The number of guanidine groups is 1. The maximum atomic E-state index is 5.92. The number of ether oxygens (including phenoxy) is 1. The molecule has 0 spiro atoms. The molecule has 0 saturated carbocycles. The van der Waals surface area contributed by atoms with E-state index in [-0.39, 0.29) is 24.0 Å². The van der Waals surface area contributed by atoms with Crippen LogP contribution >= 0.6 is 24.0 Å². The Hall–Kier alpha value is -2.55. The van der Waals surface area contributed by atoms with Gasteiger partial charge in [-0.05, 0) is 50.6 Å². The lowest BCUT2D eigenvalue weighted by atomic mass is 10.2. The van der Waals surface area contributed by atoms with Gasteiger partial charge >= 0.3 is 0 Å². The van der Waals surface area contributed by atoms with Gasteiger partial charge in [0.15, 0.2) is 5.96 Å². The van der Waals surface area contributed by atoms with Crippen LogP contribution in [0, 0.1) is 13.8 Å². The molecule has 7 heteroatoms. The fourth-order valence-corrected chi connectivity index (χ4v) is 3.09. The molecule has 1 heterocycles. The zero-order valence-corrected chi connectivity index (χ0v) is 20.3.